The van der Waals surface area contributed by atoms with Crippen LogP contribution in [0.5, 0.6) is 5.75 Å². The summed E-state index contributed by atoms with van der Waals surface area (Å²) in [6.07, 6.45) is 0.794. The molecule has 0 bridgehead atoms. The van der Waals surface area contributed by atoms with Crippen LogP contribution in [0.1, 0.15) is 26.3 Å². The molecule has 15 heavy (non-hydrogen) atoms. The minimum atomic E-state index is -0.949. The Balaban J connectivity index is 2.70. The molecule has 3 heteroatoms. The molecule has 84 valence electrons. The van der Waals surface area contributed by atoms with Crippen LogP contribution in [0.4, 0.5) is 4.39 Å². The molecule has 0 atom stereocenters. The predicted molar refractivity (Wildman–Crippen MR) is 57.6 cm³/mol. The zero-order valence-corrected chi connectivity index (χ0v) is 9.38. The van der Waals surface area contributed by atoms with Gasteiger partial charge in [0.1, 0.15) is 6.61 Å². The normalized spacial score (nSPS) is 11.5. The van der Waals surface area contributed by atoms with E-state index in [0.717, 1.165) is 12.0 Å². The Morgan fingerprint density at radius 3 is 2.53 bits per heavy atom. The summed E-state index contributed by atoms with van der Waals surface area (Å²) in [5.41, 5.74) is -0.0151. The van der Waals surface area contributed by atoms with Gasteiger partial charge in [-0.2, -0.15) is 0 Å². The second-order valence-electron chi connectivity index (χ2n) is 4.22. The van der Waals surface area contributed by atoms with Crippen LogP contribution in [-0.4, -0.2) is 17.3 Å². The molecular weight excluding hydrogens is 195 g/mol. The van der Waals surface area contributed by atoms with Crippen molar-refractivity contribution in [2.24, 2.45) is 0 Å². The topological polar surface area (TPSA) is 29.5 Å². The molecule has 0 spiro atoms. The first kappa shape index (κ1) is 12.0. The first-order valence-electron chi connectivity index (χ1n) is 5.06. The Hall–Kier alpha value is -1.09. The van der Waals surface area contributed by atoms with Gasteiger partial charge in [-0.05, 0) is 38.0 Å². The molecule has 0 saturated heterocycles. The Kier molecular flexibility index (Phi) is 3.69. The van der Waals surface area contributed by atoms with Crippen LogP contribution >= 0.6 is 0 Å². The molecule has 1 aromatic carbocycles. The molecule has 0 aliphatic rings. The van der Waals surface area contributed by atoms with E-state index in [1.165, 1.54) is 6.07 Å². The van der Waals surface area contributed by atoms with Gasteiger partial charge in [0.25, 0.3) is 0 Å². The van der Waals surface area contributed by atoms with Crippen molar-refractivity contribution in [1.82, 2.24) is 0 Å². The van der Waals surface area contributed by atoms with Crippen LogP contribution in [0.25, 0.3) is 0 Å². The van der Waals surface area contributed by atoms with Gasteiger partial charge in [0, 0.05) is 0 Å². The Labute approximate surface area is 89.7 Å². The van der Waals surface area contributed by atoms with Crippen LogP contribution in [0.3, 0.4) is 0 Å². The van der Waals surface area contributed by atoms with Gasteiger partial charge in [-0.3, -0.25) is 0 Å². The van der Waals surface area contributed by atoms with E-state index in [4.69, 9.17) is 4.74 Å². The van der Waals surface area contributed by atoms with Gasteiger partial charge in [-0.15, -0.1) is 0 Å². The third-order valence-corrected chi connectivity index (χ3v) is 1.99. The van der Waals surface area contributed by atoms with E-state index >= 15 is 0 Å². The number of aliphatic hydroxyl groups is 1. The molecule has 0 aliphatic heterocycles. The van der Waals surface area contributed by atoms with Crippen molar-refractivity contribution in [3.63, 3.8) is 0 Å². The lowest BCUT2D eigenvalue weighted by Crippen LogP contribution is -2.28. The molecule has 1 rings (SSSR count). The van der Waals surface area contributed by atoms with E-state index in [0.29, 0.717) is 0 Å². The summed E-state index contributed by atoms with van der Waals surface area (Å²) < 4.78 is 18.6. The zero-order valence-electron chi connectivity index (χ0n) is 9.38. The lowest BCUT2D eigenvalue weighted by Gasteiger charge is -2.18. The van der Waals surface area contributed by atoms with Gasteiger partial charge < -0.3 is 9.84 Å². The molecule has 0 aliphatic carbocycles. The van der Waals surface area contributed by atoms with Crippen molar-refractivity contribution in [3.8, 4) is 5.75 Å². The molecule has 0 amide bonds. The molecule has 1 aromatic rings. The van der Waals surface area contributed by atoms with Gasteiger partial charge in [0.15, 0.2) is 11.6 Å². The third kappa shape index (κ3) is 3.88. The van der Waals surface area contributed by atoms with E-state index in [1.54, 1.807) is 19.9 Å². The molecular formula is C12H17FO2. The standard InChI is InChI=1S/C12H17FO2/c1-4-9-5-6-11(10(13)7-9)15-8-12(2,3)14/h5-7,14H,4,8H2,1-3H3. The summed E-state index contributed by atoms with van der Waals surface area (Å²) in [4.78, 5) is 0. The first-order chi connectivity index (χ1) is 6.92. The predicted octanol–water partition coefficient (Wildman–Crippen LogP) is 2.54. The summed E-state index contributed by atoms with van der Waals surface area (Å²) >= 11 is 0. The van der Waals surface area contributed by atoms with Crippen LogP contribution < -0.4 is 4.74 Å². The summed E-state index contributed by atoms with van der Waals surface area (Å²) in [6.45, 7) is 5.28. The van der Waals surface area contributed by atoms with Crippen molar-refractivity contribution in [1.29, 1.82) is 0 Å². The van der Waals surface area contributed by atoms with Crippen molar-refractivity contribution < 1.29 is 14.2 Å². The fourth-order valence-electron chi connectivity index (χ4n) is 1.14. The molecule has 0 fully saturated rings. The quantitative estimate of drug-likeness (QED) is 0.831. The number of rotatable bonds is 4. The van der Waals surface area contributed by atoms with Gasteiger partial charge in [0.2, 0.25) is 0 Å². The van der Waals surface area contributed by atoms with Gasteiger partial charge in [-0.25, -0.2) is 4.39 Å². The lowest BCUT2D eigenvalue weighted by atomic mass is 10.1. The number of ether oxygens (including phenoxy) is 1. The fraction of sp³-hybridized carbons (Fsp3) is 0.500. The number of benzene rings is 1. The van der Waals surface area contributed by atoms with Crippen molar-refractivity contribution in [2.45, 2.75) is 32.8 Å². The first-order valence-corrected chi connectivity index (χ1v) is 5.06. The van der Waals surface area contributed by atoms with E-state index in [-0.39, 0.29) is 18.2 Å². The maximum atomic E-state index is 13.4. The Bertz CT molecular complexity index is 329. The molecule has 1 N–H and O–H groups in total. The van der Waals surface area contributed by atoms with Gasteiger partial charge >= 0.3 is 0 Å². The number of hydrogen-bond donors (Lipinski definition) is 1. The molecule has 0 radical (unpaired) electrons. The number of halogens is 1. The molecule has 2 nitrogen and oxygen atoms in total. The minimum Gasteiger partial charge on any atom is -0.488 e. The highest BCUT2D eigenvalue weighted by molar-refractivity contribution is 5.29. The largest absolute Gasteiger partial charge is 0.488 e. The van der Waals surface area contributed by atoms with Gasteiger partial charge in [0.05, 0.1) is 5.60 Å². The third-order valence-electron chi connectivity index (χ3n) is 1.99. The minimum absolute atomic E-state index is 0.0788. The SMILES string of the molecule is CCc1ccc(OCC(C)(C)O)c(F)c1. The Morgan fingerprint density at radius 1 is 1.40 bits per heavy atom. The van der Waals surface area contributed by atoms with Gasteiger partial charge in [-0.1, -0.05) is 13.0 Å². The van der Waals surface area contributed by atoms with Crippen LogP contribution in [0.15, 0.2) is 18.2 Å². The molecule has 0 unspecified atom stereocenters. The van der Waals surface area contributed by atoms with E-state index in [1.807, 2.05) is 13.0 Å². The summed E-state index contributed by atoms with van der Waals surface area (Å²) in [7, 11) is 0. The van der Waals surface area contributed by atoms with E-state index in [2.05, 4.69) is 0 Å². The van der Waals surface area contributed by atoms with E-state index < -0.39 is 5.60 Å². The highest BCUT2D eigenvalue weighted by atomic mass is 19.1. The van der Waals surface area contributed by atoms with Crippen LogP contribution in [0.2, 0.25) is 0 Å². The summed E-state index contributed by atoms with van der Waals surface area (Å²) in [5.74, 6) is -0.187. The number of aryl methyl sites for hydroxylation is 1. The molecule has 0 saturated carbocycles. The highest BCUT2D eigenvalue weighted by Crippen LogP contribution is 2.19. The lowest BCUT2D eigenvalue weighted by molar-refractivity contribution is 0.0272. The van der Waals surface area contributed by atoms with Crippen molar-refractivity contribution in [2.75, 3.05) is 6.61 Å². The van der Waals surface area contributed by atoms with Crippen LogP contribution in [0, 0.1) is 5.82 Å². The van der Waals surface area contributed by atoms with Crippen LogP contribution in [-0.2, 0) is 6.42 Å². The zero-order chi connectivity index (χ0) is 11.5. The fourth-order valence-corrected chi connectivity index (χ4v) is 1.14. The summed E-state index contributed by atoms with van der Waals surface area (Å²) in [5, 5.41) is 9.42. The average molecular weight is 212 g/mol. The average Bonchev–Trinajstić information content (AvgIpc) is 2.14. The summed E-state index contributed by atoms with van der Waals surface area (Å²) in [6, 6.07) is 4.88. The second-order valence-corrected chi connectivity index (χ2v) is 4.22. The molecule has 0 heterocycles. The smallest absolute Gasteiger partial charge is 0.165 e. The second kappa shape index (κ2) is 4.62. The Morgan fingerprint density at radius 2 is 2.07 bits per heavy atom. The monoisotopic (exact) mass is 212 g/mol. The number of hydrogen-bond acceptors (Lipinski definition) is 2. The van der Waals surface area contributed by atoms with Crippen molar-refractivity contribution in [3.05, 3.63) is 29.6 Å². The highest BCUT2D eigenvalue weighted by Gasteiger charge is 2.14. The van der Waals surface area contributed by atoms with E-state index in [9.17, 15) is 9.50 Å². The molecule has 0 aromatic heterocycles. The van der Waals surface area contributed by atoms with Crippen molar-refractivity contribution >= 4 is 0 Å². The maximum absolute atomic E-state index is 13.4. The maximum Gasteiger partial charge on any atom is 0.165 e.